The number of rotatable bonds is 5. The van der Waals surface area contributed by atoms with Crippen molar-refractivity contribution in [2.75, 3.05) is 0 Å². The van der Waals surface area contributed by atoms with Gasteiger partial charge in [-0.15, -0.1) is 0 Å². The Morgan fingerprint density at radius 2 is 1.65 bits per heavy atom. The summed E-state index contributed by atoms with van der Waals surface area (Å²) in [5, 5.41) is 0. The van der Waals surface area contributed by atoms with Gasteiger partial charge in [0, 0.05) is 53.7 Å². The second kappa shape index (κ2) is 6.01. The Morgan fingerprint density at radius 1 is 0.870 bits per heavy atom. The maximum absolute atomic E-state index is 4.26. The number of nitrogens with one attached hydrogen (secondary N) is 3. The van der Waals surface area contributed by atoms with Crippen molar-refractivity contribution >= 4 is 12.3 Å². The van der Waals surface area contributed by atoms with E-state index in [0.29, 0.717) is 0 Å². The molecule has 4 rings (SSSR count). The number of hydrogen-bond donors (Lipinski definition) is 3. The first-order valence-electron chi connectivity index (χ1n) is 7.74. The van der Waals surface area contributed by atoms with Crippen LogP contribution >= 0.6 is 0 Å². The molecule has 0 saturated heterocycles. The standard InChI is InChI=1S/C19H18N4/c1-3-14(20-9-1)11-16-5-7-18(22-16)13-19-8-6-17(23-19)12-15-4-2-10-21-15/h1-11,21-23H,12-13H2. The highest BCUT2D eigenvalue weighted by atomic mass is 14.8. The maximum Gasteiger partial charge on any atom is 0.0650 e. The summed E-state index contributed by atoms with van der Waals surface area (Å²) in [7, 11) is 0. The number of aliphatic imine (C=N–C) groups is 1. The van der Waals surface area contributed by atoms with Crippen LogP contribution in [-0.2, 0) is 12.8 Å². The van der Waals surface area contributed by atoms with E-state index in [4.69, 9.17) is 0 Å². The SMILES string of the molecule is C1=CC(=Cc2ccc(Cc3ccc(Cc4ccc[nH]4)[nH]3)[nH]2)N=C1. The molecular formula is C19H18N4. The van der Waals surface area contributed by atoms with Gasteiger partial charge in [0.1, 0.15) is 0 Å². The van der Waals surface area contributed by atoms with Crippen LogP contribution in [0.15, 0.2) is 65.4 Å². The van der Waals surface area contributed by atoms with Gasteiger partial charge in [-0.1, -0.05) is 0 Å². The molecule has 1 aliphatic heterocycles. The van der Waals surface area contributed by atoms with Gasteiger partial charge in [-0.2, -0.15) is 0 Å². The zero-order valence-corrected chi connectivity index (χ0v) is 12.7. The topological polar surface area (TPSA) is 59.7 Å². The van der Waals surface area contributed by atoms with E-state index in [1.807, 2.05) is 24.4 Å². The summed E-state index contributed by atoms with van der Waals surface area (Å²) in [5.74, 6) is 0. The van der Waals surface area contributed by atoms with Crippen LogP contribution in [0.25, 0.3) is 6.08 Å². The van der Waals surface area contributed by atoms with Gasteiger partial charge in [-0.05, 0) is 54.6 Å². The van der Waals surface area contributed by atoms with Gasteiger partial charge in [0.15, 0.2) is 0 Å². The first-order chi connectivity index (χ1) is 11.3. The Kier molecular flexibility index (Phi) is 3.56. The third-order valence-corrected chi connectivity index (χ3v) is 3.88. The fourth-order valence-electron chi connectivity index (χ4n) is 2.79. The Morgan fingerprint density at radius 3 is 2.39 bits per heavy atom. The average Bonchev–Trinajstić information content (AvgIpc) is 3.31. The molecular weight excluding hydrogens is 284 g/mol. The van der Waals surface area contributed by atoms with Crippen molar-refractivity contribution in [3.8, 4) is 0 Å². The second-order valence-corrected chi connectivity index (χ2v) is 5.70. The first-order valence-corrected chi connectivity index (χ1v) is 7.74. The third kappa shape index (κ3) is 3.26. The highest BCUT2D eigenvalue weighted by Gasteiger charge is 2.04. The van der Waals surface area contributed by atoms with Crippen LogP contribution in [0, 0.1) is 0 Å². The molecule has 0 bridgehead atoms. The van der Waals surface area contributed by atoms with Crippen molar-refractivity contribution < 1.29 is 0 Å². The number of aromatic nitrogens is 3. The van der Waals surface area contributed by atoms with Gasteiger partial charge in [0.25, 0.3) is 0 Å². The van der Waals surface area contributed by atoms with Crippen molar-refractivity contribution in [1.29, 1.82) is 0 Å². The van der Waals surface area contributed by atoms with E-state index < -0.39 is 0 Å². The van der Waals surface area contributed by atoms with E-state index in [1.54, 1.807) is 6.21 Å². The minimum atomic E-state index is 0.868. The molecule has 0 spiro atoms. The van der Waals surface area contributed by atoms with Crippen LogP contribution in [0.3, 0.4) is 0 Å². The molecule has 0 fully saturated rings. The third-order valence-electron chi connectivity index (χ3n) is 3.88. The smallest absolute Gasteiger partial charge is 0.0650 e. The van der Waals surface area contributed by atoms with Crippen LogP contribution in [0.4, 0.5) is 0 Å². The predicted octanol–water partition coefficient (Wildman–Crippen LogP) is 3.83. The quantitative estimate of drug-likeness (QED) is 0.641. The lowest BCUT2D eigenvalue weighted by atomic mass is 10.2. The summed E-state index contributed by atoms with van der Waals surface area (Å²) in [6.07, 6.45) is 11.5. The normalized spacial score (nSPS) is 15.0. The molecule has 3 aromatic rings. The van der Waals surface area contributed by atoms with Crippen LogP contribution in [0.1, 0.15) is 28.5 Å². The van der Waals surface area contributed by atoms with E-state index in [1.165, 1.54) is 22.8 Å². The van der Waals surface area contributed by atoms with Gasteiger partial charge in [-0.3, -0.25) is 4.99 Å². The van der Waals surface area contributed by atoms with Crippen molar-refractivity contribution in [3.05, 3.63) is 88.9 Å². The zero-order valence-electron chi connectivity index (χ0n) is 12.7. The molecule has 0 saturated carbocycles. The van der Waals surface area contributed by atoms with Crippen molar-refractivity contribution in [2.24, 2.45) is 4.99 Å². The van der Waals surface area contributed by atoms with Crippen molar-refractivity contribution in [3.63, 3.8) is 0 Å². The summed E-state index contributed by atoms with van der Waals surface area (Å²) in [5.41, 5.74) is 6.91. The lowest BCUT2D eigenvalue weighted by molar-refractivity contribution is 0.994. The molecule has 0 radical (unpaired) electrons. The van der Waals surface area contributed by atoms with Gasteiger partial charge < -0.3 is 15.0 Å². The minimum absolute atomic E-state index is 0.868. The van der Waals surface area contributed by atoms with E-state index in [0.717, 1.165) is 24.2 Å². The summed E-state index contributed by atoms with van der Waals surface area (Å²) in [6, 6.07) is 12.7. The molecule has 0 amide bonds. The van der Waals surface area contributed by atoms with E-state index in [-0.39, 0.29) is 0 Å². The number of hydrogen-bond acceptors (Lipinski definition) is 1. The average molecular weight is 302 g/mol. The van der Waals surface area contributed by atoms with Crippen LogP contribution in [-0.4, -0.2) is 21.2 Å². The lowest BCUT2D eigenvalue weighted by Crippen LogP contribution is -1.92. The number of H-pyrrole nitrogens is 3. The molecule has 0 atom stereocenters. The number of allylic oxidation sites excluding steroid dienone is 2. The molecule has 0 unspecified atom stereocenters. The zero-order chi connectivity index (χ0) is 15.5. The molecule has 3 aromatic heterocycles. The molecule has 3 N–H and O–H groups in total. The molecule has 0 aromatic carbocycles. The Bertz CT molecular complexity index is 858. The monoisotopic (exact) mass is 302 g/mol. The molecule has 4 heterocycles. The molecule has 4 heteroatoms. The van der Waals surface area contributed by atoms with Crippen LogP contribution < -0.4 is 0 Å². The van der Waals surface area contributed by atoms with Gasteiger partial charge in [-0.25, -0.2) is 0 Å². The van der Waals surface area contributed by atoms with Crippen molar-refractivity contribution in [2.45, 2.75) is 12.8 Å². The summed E-state index contributed by atoms with van der Waals surface area (Å²) in [4.78, 5) is 14.4. The van der Waals surface area contributed by atoms with E-state index in [2.05, 4.69) is 56.4 Å². The molecule has 4 nitrogen and oxygen atoms in total. The second-order valence-electron chi connectivity index (χ2n) is 5.70. The summed E-state index contributed by atoms with van der Waals surface area (Å²) >= 11 is 0. The summed E-state index contributed by atoms with van der Waals surface area (Å²) < 4.78 is 0. The minimum Gasteiger partial charge on any atom is -0.365 e. The predicted molar refractivity (Wildman–Crippen MR) is 93.6 cm³/mol. The molecule has 1 aliphatic rings. The number of nitrogens with zero attached hydrogens (tertiary/aromatic N) is 1. The largest absolute Gasteiger partial charge is 0.365 e. The highest BCUT2D eigenvalue weighted by molar-refractivity contribution is 5.79. The van der Waals surface area contributed by atoms with Crippen LogP contribution in [0.5, 0.6) is 0 Å². The van der Waals surface area contributed by atoms with Gasteiger partial charge in [0.2, 0.25) is 0 Å². The Balaban J connectivity index is 1.43. The van der Waals surface area contributed by atoms with Gasteiger partial charge >= 0.3 is 0 Å². The molecule has 0 aliphatic carbocycles. The van der Waals surface area contributed by atoms with Crippen molar-refractivity contribution in [1.82, 2.24) is 15.0 Å². The maximum atomic E-state index is 4.26. The number of aromatic amines is 3. The first kappa shape index (κ1) is 13.6. The van der Waals surface area contributed by atoms with E-state index >= 15 is 0 Å². The Hall–Kier alpha value is -3.01. The van der Waals surface area contributed by atoms with E-state index in [9.17, 15) is 0 Å². The highest BCUT2D eigenvalue weighted by Crippen LogP contribution is 2.15. The fourth-order valence-corrected chi connectivity index (χ4v) is 2.79. The fraction of sp³-hybridized carbons (Fsp3) is 0.105. The lowest BCUT2D eigenvalue weighted by Gasteiger charge is -1.98. The van der Waals surface area contributed by atoms with Crippen LogP contribution in [0.2, 0.25) is 0 Å². The van der Waals surface area contributed by atoms with Gasteiger partial charge in [0.05, 0.1) is 5.70 Å². The molecule has 114 valence electrons. The Labute approximate surface area is 134 Å². The molecule has 23 heavy (non-hydrogen) atoms. The summed E-state index contributed by atoms with van der Waals surface area (Å²) in [6.45, 7) is 0.